The Morgan fingerprint density at radius 1 is 1.06 bits per heavy atom. The topological polar surface area (TPSA) is 66.5 Å². The Bertz CT molecular complexity index is 425. The zero-order chi connectivity index (χ0) is 12.7. The Balaban J connectivity index is 2.31. The van der Waals surface area contributed by atoms with Gasteiger partial charge in [-0.1, -0.05) is 12.1 Å². The highest BCUT2D eigenvalue weighted by atomic mass is 19.3. The zero-order valence-corrected chi connectivity index (χ0v) is 9.29. The van der Waals surface area contributed by atoms with Crippen molar-refractivity contribution in [3.05, 3.63) is 23.8 Å². The number of alkyl halides is 2. The van der Waals surface area contributed by atoms with Gasteiger partial charge in [0.15, 0.2) is 11.5 Å². The molecule has 1 fully saturated rings. The van der Waals surface area contributed by atoms with Crippen LogP contribution in [0.15, 0.2) is 18.2 Å². The zero-order valence-electron chi connectivity index (χ0n) is 9.29. The summed E-state index contributed by atoms with van der Waals surface area (Å²) in [5.41, 5.74) is 5.43. The molecule has 2 rings (SSSR count). The van der Waals surface area contributed by atoms with E-state index in [1.165, 1.54) is 6.07 Å². The first kappa shape index (κ1) is 12.1. The van der Waals surface area contributed by atoms with E-state index in [9.17, 15) is 19.0 Å². The predicted molar refractivity (Wildman–Crippen MR) is 59.1 cm³/mol. The van der Waals surface area contributed by atoms with Crippen LogP contribution in [-0.2, 0) is 5.54 Å². The Kier molecular flexibility index (Phi) is 2.73. The van der Waals surface area contributed by atoms with Gasteiger partial charge in [0.2, 0.25) is 5.92 Å². The van der Waals surface area contributed by atoms with Crippen molar-refractivity contribution < 1.29 is 19.0 Å². The van der Waals surface area contributed by atoms with Crippen LogP contribution < -0.4 is 5.73 Å². The number of hydrogen-bond acceptors (Lipinski definition) is 3. The van der Waals surface area contributed by atoms with Gasteiger partial charge in [-0.2, -0.15) is 0 Å². The van der Waals surface area contributed by atoms with E-state index in [-0.39, 0.29) is 37.2 Å². The van der Waals surface area contributed by atoms with Crippen LogP contribution in [0.2, 0.25) is 0 Å². The molecular formula is C12H15F2NO2. The van der Waals surface area contributed by atoms with Crippen LogP contribution in [0.5, 0.6) is 11.5 Å². The molecule has 0 aliphatic heterocycles. The predicted octanol–water partition coefficient (Wildman–Crippen LogP) is 2.46. The highest BCUT2D eigenvalue weighted by molar-refractivity contribution is 5.48. The number of nitrogens with two attached hydrogens (primary N) is 1. The first-order valence-electron chi connectivity index (χ1n) is 5.52. The Morgan fingerprint density at radius 2 is 1.65 bits per heavy atom. The van der Waals surface area contributed by atoms with E-state index >= 15 is 0 Å². The number of phenols is 2. The summed E-state index contributed by atoms with van der Waals surface area (Å²) in [5, 5.41) is 19.1. The maximum Gasteiger partial charge on any atom is 0.248 e. The molecule has 3 nitrogen and oxygen atoms in total. The molecule has 0 saturated heterocycles. The molecule has 1 aliphatic rings. The highest BCUT2D eigenvalue weighted by Gasteiger charge is 2.43. The first-order valence-corrected chi connectivity index (χ1v) is 5.52. The van der Waals surface area contributed by atoms with E-state index < -0.39 is 11.5 Å². The first-order chi connectivity index (χ1) is 7.84. The number of aromatic hydroxyl groups is 2. The highest BCUT2D eigenvalue weighted by Crippen LogP contribution is 2.46. The van der Waals surface area contributed by atoms with Crippen LogP contribution in [0, 0.1) is 0 Å². The van der Waals surface area contributed by atoms with E-state index in [2.05, 4.69) is 0 Å². The molecule has 0 bridgehead atoms. The minimum atomic E-state index is -2.67. The lowest BCUT2D eigenvalue weighted by Crippen LogP contribution is -2.43. The quantitative estimate of drug-likeness (QED) is 0.664. The molecule has 1 aliphatic carbocycles. The van der Waals surface area contributed by atoms with Crippen molar-refractivity contribution in [2.45, 2.75) is 37.1 Å². The van der Waals surface area contributed by atoms with Gasteiger partial charge in [0, 0.05) is 23.9 Å². The van der Waals surface area contributed by atoms with E-state index in [1.807, 2.05) is 0 Å². The van der Waals surface area contributed by atoms with Crippen molar-refractivity contribution in [2.24, 2.45) is 5.73 Å². The third-order valence-electron chi connectivity index (χ3n) is 3.42. The molecule has 1 aromatic carbocycles. The largest absolute Gasteiger partial charge is 0.504 e. The minimum absolute atomic E-state index is 0.0943. The third kappa shape index (κ3) is 2.20. The van der Waals surface area contributed by atoms with Crippen LogP contribution >= 0.6 is 0 Å². The molecule has 1 aromatic rings. The second-order valence-corrected chi connectivity index (χ2v) is 4.69. The number of halogens is 2. The maximum atomic E-state index is 13.1. The SMILES string of the molecule is NC1(c2cccc(O)c2O)CCC(F)(F)CC1. The van der Waals surface area contributed by atoms with Crippen molar-refractivity contribution in [3.63, 3.8) is 0 Å². The molecule has 0 spiro atoms. The van der Waals surface area contributed by atoms with E-state index in [4.69, 9.17) is 5.73 Å². The van der Waals surface area contributed by atoms with Gasteiger partial charge in [0.05, 0.1) is 0 Å². The Morgan fingerprint density at radius 3 is 2.24 bits per heavy atom. The van der Waals surface area contributed by atoms with E-state index in [1.54, 1.807) is 12.1 Å². The van der Waals surface area contributed by atoms with Crippen LogP contribution in [0.4, 0.5) is 8.78 Å². The van der Waals surface area contributed by atoms with Crippen LogP contribution in [-0.4, -0.2) is 16.1 Å². The summed E-state index contributed by atoms with van der Waals surface area (Å²) in [6, 6.07) is 4.45. The lowest BCUT2D eigenvalue weighted by atomic mass is 9.75. The van der Waals surface area contributed by atoms with Gasteiger partial charge in [0.25, 0.3) is 0 Å². The monoisotopic (exact) mass is 243 g/mol. The average molecular weight is 243 g/mol. The maximum absolute atomic E-state index is 13.1. The fraction of sp³-hybridized carbons (Fsp3) is 0.500. The molecule has 0 amide bonds. The molecule has 0 atom stereocenters. The lowest BCUT2D eigenvalue weighted by molar-refractivity contribution is -0.0516. The number of para-hydroxylation sites is 1. The molecule has 4 N–H and O–H groups in total. The fourth-order valence-corrected chi connectivity index (χ4v) is 2.26. The molecule has 0 heterocycles. The summed E-state index contributed by atoms with van der Waals surface area (Å²) < 4.78 is 26.2. The Hall–Kier alpha value is -1.36. The third-order valence-corrected chi connectivity index (χ3v) is 3.42. The average Bonchev–Trinajstić information content (AvgIpc) is 2.27. The summed E-state index contributed by atoms with van der Waals surface area (Å²) in [6.07, 6.45) is -0.398. The summed E-state index contributed by atoms with van der Waals surface area (Å²) >= 11 is 0. The van der Waals surface area contributed by atoms with Gasteiger partial charge >= 0.3 is 0 Å². The smallest absolute Gasteiger partial charge is 0.248 e. The molecular weight excluding hydrogens is 228 g/mol. The van der Waals surface area contributed by atoms with Gasteiger partial charge in [-0.05, 0) is 18.9 Å². The number of benzene rings is 1. The van der Waals surface area contributed by atoms with Crippen molar-refractivity contribution in [1.82, 2.24) is 0 Å². The number of rotatable bonds is 1. The van der Waals surface area contributed by atoms with Crippen molar-refractivity contribution in [3.8, 4) is 11.5 Å². The van der Waals surface area contributed by atoms with Gasteiger partial charge in [-0.25, -0.2) is 8.78 Å². The van der Waals surface area contributed by atoms with Crippen molar-refractivity contribution >= 4 is 0 Å². The normalized spacial score (nSPS) is 22.3. The van der Waals surface area contributed by atoms with Gasteiger partial charge in [0.1, 0.15) is 0 Å². The molecule has 5 heteroatoms. The van der Waals surface area contributed by atoms with Crippen LogP contribution in [0.3, 0.4) is 0 Å². The standard InChI is InChI=1S/C12H15F2NO2/c13-12(14)6-4-11(15,5-7-12)8-2-1-3-9(16)10(8)17/h1-3,16-17H,4-7,15H2. The molecule has 94 valence electrons. The summed E-state index contributed by atoms with van der Waals surface area (Å²) in [4.78, 5) is 0. The van der Waals surface area contributed by atoms with Gasteiger partial charge in [-0.3, -0.25) is 0 Å². The van der Waals surface area contributed by atoms with Crippen molar-refractivity contribution in [1.29, 1.82) is 0 Å². The summed E-state index contributed by atoms with van der Waals surface area (Å²) in [7, 11) is 0. The van der Waals surface area contributed by atoms with E-state index in [0.717, 1.165) is 0 Å². The molecule has 17 heavy (non-hydrogen) atoms. The van der Waals surface area contributed by atoms with E-state index in [0.29, 0.717) is 5.56 Å². The summed E-state index contributed by atoms with van der Waals surface area (Å²) in [5.74, 6) is -3.25. The van der Waals surface area contributed by atoms with Crippen molar-refractivity contribution in [2.75, 3.05) is 0 Å². The van der Waals surface area contributed by atoms with Gasteiger partial charge < -0.3 is 15.9 Å². The van der Waals surface area contributed by atoms with Crippen LogP contribution in [0.25, 0.3) is 0 Å². The molecule has 0 unspecified atom stereocenters. The number of hydrogen-bond donors (Lipinski definition) is 3. The number of phenolic OH excluding ortho intramolecular Hbond substituents is 2. The second kappa shape index (κ2) is 3.84. The fourth-order valence-electron chi connectivity index (χ4n) is 2.26. The summed E-state index contributed by atoms with van der Waals surface area (Å²) in [6.45, 7) is 0. The van der Waals surface area contributed by atoms with Gasteiger partial charge in [-0.15, -0.1) is 0 Å². The molecule has 0 aromatic heterocycles. The molecule has 1 saturated carbocycles. The molecule has 0 radical (unpaired) electrons. The second-order valence-electron chi connectivity index (χ2n) is 4.69. The minimum Gasteiger partial charge on any atom is -0.504 e. The lowest BCUT2D eigenvalue weighted by Gasteiger charge is -2.37. The van der Waals surface area contributed by atoms with Crippen LogP contribution in [0.1, 0.15) is 31.2 Å². The Labute approximate surface area is 97.9 Å².